The van der Waals surface area contributed by atoms with Gasteiger partial charge in [0.25, 0.3) is 11.7 Å². The highest BCUT2D eigenvalue weighted by atomic mass is 16.5. The molecule has 0 saturated heterocycles. The first-order valence-electron chi connectivity index (χ1n) is 9.58. The fourth-order valence-corrected chi connectivity index (χ4v) is 3.09. The molecular formula is C23H26N2O3. The SMILES string of the molecule is Cc1ccc(-c2cc3ccccn3c2C(=O)C(=O)NCCCOC(C)C)cc1. The van der Waals surface area contributed by atoms with E-state index < -0.39 is 11.7 Å². The number of carbonyl (C=O) groups is 2. The number of ketones is 1. The molecule has 2 heterocycles. The van der Waals surface area contributed by atoms with Gasteiger partial charge in [-0.2, -0.15) is 0 Å². The zero-order valence-corrected chi connectivity index (χ0v) is 16.6. The van der Waals surface area contributed by atoms with E-state index in [-0.39, 0.29) is 6.10 Å². The Labute approximate surface area is 165 Å². The van der Waals surface area contributed by atoms with E-state index in [2.05, 4.69) is 5.32 Å². The van der Waals surface area contributed by atoms with Gasteiger partial charge >= 0.3 is 0 Å². The number of hydrogen-bond donors (Lipinski definition) is 1. The van der Waals surface area contributed by atoms with Gasteiger partial charge in [0.1, 0.15) is 5.69 Å². The van der Waals surface area contributed by atoms with Crippen LogP contribution in [0.2, 0.25) is 0 Å². The fraction of sp³-hybridized carbons (Fsp3) is 0.304. The summed E-state index contributed by atoms with van der Waals surface area (Å²) >= 11 is 0. The van der Waals surface area contributed by atoms with Gasteiger partial charge in [0.05, 0.1) is 6.10 Å². The zero-order chi connectivity index (χ0) is 20.1. The summed E-state index contributed by atoms with van der Waals surface area (Å²) in [7, 11) is 0. The number of rotatable bonds is 8. The molecule has 0 radical (unpaired) electrons. The average molecular weight is 378 g/mol. The summed E-state index contributed by atoms with van der Waals surface area (Å²) in [6.07, 6.45) is 2.63. The van der Waals surface area contributed by atoms with Crippen molar-refractivity contribution in [1.29, 1.82) is 0 Å². The molecule has 0 fully saturated rings. The van der Waals surface area contributed by atoms with Crippen LogP contribution in [0.5, 0.6) is 0 Å². The largest absolute Gasteiger partial charge is 0.379 e. The third kappa shape index (κ3) is 4.49. The van der Waals surface area contributed by atoms with Gasteiger partial charge in [-0.05, 0) is 51.0 Å². The number of amides is 1. The molecule has 0 aliphatic heterocycles. The minimum Gasteiger partial charge on any atom is -0.379 e. The van der Waals surface area contributed by atoms with E-state index in [0.717, 1.165) is 22.2 Å². The molecule has 1 aromatic carbocycles. The Kier molecular flexibility index (Phi) is 6.26. The molecule has 0 unspecified atom stereocenters. The number of fused-ring (bicyclic) bond motifs is 1. The Morgan fingerprint density at radius 2 is 1.86 bits per heavy atom. The standard InChI is InChI=1S/C23H26N2O3/c1-16(2)28-14-6-12-24-23(27)22(26)21-20(18-10-8-17(3)9-11-18)15-19-7-4-5-13-25(19)21/h4-5,7-11,13,15-16H,6,12,14H2,1-3H3,(H,24,27). The summed E-state index contributed by atoms with van der Waals surface area (Å²) in [5, 5.41) is 2.72. The molecule has 0 bridgehead atoms. The first-order chi connectivity index (χ1) is 13.5. The molecule has 146 valence electrons. The van der Waals surface area contributed by atoms with Gasteiger partial charge in [0.15, 0.2) is 0 Å². The third-order valence-corrected chi connectivity index (χ3v) is 4.52. The molecule has 0 spiro atoms. The number of Topliss-reactive ketones (excluding diaryl/α,β-unsaturated/α-hetero) is 1. The maximum atomic E-state index is 13.0. The number of ether oxygens (including phenoxy) is 1. The second-order valence-corrected chi connectivity index (χ2v) is 7.13. The summed E-state index contributed by atoms with van der Waals surface area (Å²) in [6.45, 7) is 6.90. The number of nitrogens with zero attached hydrogens (tertiary/aromatic N) is 1. The number of aromatic nitrogens is 1. The van der Waals surface area contributed by atoms with Crippen LogP contribution in [-0.2, 0) is 9.53 Å². The lowest BCUT2D eigenvalue weighted by molar-refractivity contribution is -0.117. The Morgan fingerprint density at radius 3 is 2.57 bits per heavy atom. The van der Waals surface area contributed by atoms with Crippen molar-refractivity contribution in [2.24, 2.45) is 0 Å². The second kappa shape index (κ2) is 8.85. The van der Waals surface area contributed by atoms with Crippen molar-refractivity contribution in [2.75, 3.05) is 13.2 Å². The van der Waals surface area contributed by atoms with Gasteiger partial charge in [0.2, 0.25) is 0 Å². The molecule has 0 aliphatic rings. The van der Waals surface area contributed by atoms with Crippen LogP contribution in [0.15, 0.2) is 54.7 Å². The molecular weight excluding hydrogens is 352 g/mol. The highest BCUT2D eigenvalue weighted by molar-refractivity contribution is 6.43. The smallest absolute Gasteiger partial charge is 0.294 e. The second-order valence-electron chi connectivity index (χ2n) is 7.13. The van der Waals surface area contributed by atoms with Crippen LogP contribution < -0.4 is 5.32 Å². The third-order valence-electron chi connectivity index (χ3n) is 4.52. The van der Waals surface area contributed by atoms with Crippen molar-refractivity contribution in [3.8, 4) is 11.1 Å². The maximum absolute atomic E-state index is 13.0. The van der Waals surface area contributed by atoms with Crippen molar-refractivity contribution < 1.29 is 14.3 Å². The molecule has 5 heteroatoms. The van der Waals surface area contributed by atoms with E-state index in [1.807, 2.05) is 75.5 Å². The monoisotopic (exact) mass is 378 g/mol. The van der Waals surface area contributed by atoms with Crippen LogP contribution in [-0.4, -0.2) is 35.3 Å². The van der Waals surface area contributed by atoms with Gasteiger partial charge in [-0.1, -0.05) is 35.9 Å². The molecule has 1 N–H and O–H groups in total. The molecule has 3 rings (SSSR count). The van der Waals surface area contributed by atoms with E-state index in [4.69, 9.17) is 4.74 Å². The lowest BCUT2D eigenvalue weighted by Crippen LogP contribution is -2.33. The Morgan fingerprint density at radius 1 is 1.11 bits per heavy atom. The summed E-state index contributed by atoms with van der Waals surface area (Å²) in [6, 6.07) is 15.6. The number of benzene rings is 1. The first kappa shape index (κ1) is 19.8. The van der Waals surface area contributed by atoms with Gasteiger partial charge in [0, 0.05) is 30.4 Å². The predicted octanol–water partition coefficient (Wildman–Crippen LogP) is 4.03. The molecule has 5 nitrogen and oxygen atoms in total. The molecule has 3 aromatic rings. The quantitative estimate of drug-likeness (QED) is 0.366. The lowest BCUT2D eigenvalue weighted by Gasteiger charge is -2.09. The van der Waals surface area contributed by atoms with Gasteiger partial charge < -0.3 is 14.5 Å². The Hall–Kier alpha value is -2.92. The minimum absolute atomic E-state index is 0.154. The molecule has 0 saturated carbocycles. The van der Waals surface area contributed by atoms with Crippen LogP contribution in [0.1, 0.15) is 36.3 Å². The van der Waals surface area contributed by atoms with Gasteiger partial charge in [-0.3, -0.25) is 9.59 Å². The topological polar surface area (TPSA) is 59.8 Å². The van der Waals surface area contributed by atoms with Crippen LogP contribution in [0.25, 0.3) is 16.6 Å². The number of pyridine rings is 1. The summed E-state index contributed by atoms with van der Waals surface area (Å²) < 4.78 is 7.24. The predicted molar refractivity (Wildman–Crippen MR) is 111 cm³/mol. The average Bonchev–Trinajstić information content (AvgIpc) is 3.06. The summed E-state index contributed by atoms with van der Waals surface area (Å²) in [5.41, 5.74) is 4.07. The van der Waals surface area contributed by atoms with Crippen molar-refractivity contribution >= 4 is 17.2 Å². The van der Waals surface area contributed by atoms with Crippen molar-refractivity contribution in [1.82, 2.24) is 9.72 Å². The number of nitrogens with one attached hydrogen (secondary N) is 1. The Bertz CT molecular complexity index is 971. The lowest BCUT2D eigenvalue weighted by atomic mass is 10.0. The summed E-state index contributed by atoms with van der Waals surface area (Å²) in [5.74, 6) is -1.13. The van der Waals surface area contributed by atoms with E-state index in [0.29, 0.717) is 25.3 Å². The highest BCUT2D eigenvalue weighted by Crippen LogP contribution is 2.28. The highest BCUT2D eigenvalue weighted by Gasteiger charge is 2.24. The van der Waals surface area contributed by atoms with Crippen molar-refractivity contribution in [3.63, 3.8) is 0 Å². The summed E-state index contributed by atoms with van der Waals surface area (Å²) in [4.78, 5) is 25.5. The van der Waals surface area contributed by atoms with Gasteiger partial charge in [-0.15, -0.1) is 0 Å². The van der Waals surface area contributed by atoms with E-state index in [1.54, 1.807) is 4.40 Å². The van der Waals surface area contributed by atoms with Crippen LogP contribution in [0, 0.1) is 6.92 Å². The molecule has 2 aromatic heterocycles. The number of hydrogen-bond acceptors (Lipinski definition) is 3. The van der Waals surface area contributed by atoms with E-state index in [9.17, 15) is 9.59 Å². The Balaban J connectivity index is 1.84. The molecule has 28 heavy (non-hydrogen) atoms. The number of carbonyl (C=O) groups excluding carboxylic acids is 2. The van der Waals surface area contributed by atoms with E-state index >= 15 is 0 Å². The number of aryl methyl sites for hydroxylation is 1. The van der Waals surface area contributed by atoms with E-state index in [1.165, 1.54) is 0 Å². The van der Waals surface area contributed by atoms with Gasteiger partial charge in [-0.25, -0.2) is 0 Å². The van der Waals surface area contributed by atoms with Crippen molar-refractivity contribution in [2.45, 2.75) is 33.3 Å². The molecule has 0 aliphatic carbocycles. The first-order valence-corrected chi connectivity index (χ1v) is 9.58. The normalized spacial score (nSPS) is 11.1. The van der Waals surface area contributed by atoms with Crippen LogP contribution in [0.4, 0.5) is 0 Å². The minimum atomic E-state index is -0.596. The van der Waals surface area contributed by atoms with Crippen LogP contribution in [0.3, 0.4) is 0 Å². The van der Waals surface area contributed by atoms with Crippen LogP contribution >= 0.6 is 0 Å². The molecule has 0 atom stereocenters. The maximum Gasteiger partial charge on any atom is 0.294 e. The molecule has 1 amide bonds. The fourth-order valence-electron chi connectivity index (χ4n) is 3.09. The van der Waals surface area contributed by atoms with Crippen molar-refractivity contribution in [3.05, 3.63) is 66.0 Å². The zero-order valence-electron chi connectivity index (χ0n) is 16.6.